The third-order valence-electron chi connectivity index (χ3n) is 3.36. The van der Waals surface area contributed by atoms with Gasteiger partial charge in [0.1, 0.15) is 0 Å². The van der Waals surface area contributed by atoms with Crippen LogP contribution < -0.4 is 10.2 Å². The van der Waals surface area contributed by atoms with E-state index in [1.807, 2.05) is 43.3 Å². The van der Waals surface area contributed by atoms with Crippen molar-refractivity contribution in [2.75, 3.05) is 10.2 Å². The summed E-state index contributed by atoms with van der Waals surface area (Å²) in [5.41, 5.74) is 2.48. The predicted octanol–water partition coefficient (Wildman–Crippen LogP) is 4.40. The number of hydrogen-bond donors (Lipinski definition) is 1. The van der Waals surface area contributed by atoms with Crippen molar-refractivity contribution in [3.05, 3.63) is 58.6 Å². The Kier molecular flexibility index (Phi) is 4.22. The monoisotopic (exact) mass is 376 g/mol. The summed E-state index contributed by atoms with van der Waals surface area (Å²) in [6.45, 7) is 1.96. The van der Waals surface area contributed by atoms with Crippen LogP contribution in [0.5, 0.6) is 0 Å². The average Bonchev–Trinajstić information content (AvgIpc) is 2.77. The average molecular weight is 377 g/mol. The number of hydrogen-bond acceptors (Lipinski definition) is 4. The van der Waals surface area contributed by atoms with Gasteiger partial charge in [-0.3, -0.25) is 9.59 Å². The van der Waals surface area contributed by atoms with Gasteiger partial charge < -0.3 is 5.32 Å². The van der Waals surface area contributed by atoms with E-state index in [0.29, 0.717) is 5.69 Å². The van der Waals surface area contributed by atoms with Crippen molar-refractivity contribution in [2.24, 2.45) is 0 Å². The summed E-state index contributed by atoms with van der Waals surface area (Å²) in [5, 5.41) is 2.28. The summed E-state index contributed by atoms with van der Waals surface area (Å²) < 4.78 is 0.901. The number of carbonyl (C=O) groups excluding carboxylic acids is 2. The molecular formula is C16H13BrN2O2S. The van der Waals surface area contributed by atoms with Gasteiger partial charge in [0.05, 0.1) is 5.69 Å². The topological polar surface area (TPSA) is 49.4 Å². The number of carbonyl (C=O) groups is 2. The number of rotatable bonds is 3. The van der Waals surface area contributed by atoms with Gasteiger partial charge in [-0.2, -0.15) is 0 Å². The fourth-order valence-corrected chi connectivity index (χ4v) is 3.36. The van der Waals surface area contributed by atoms with Crippen molar-refractivity contribution in [2.45, 2.75) is 12.3 Å². The van der Waals surface area contributed by atoms with Crippen LogP contribution in [-0.2, 0) is 4.79 Å². The molecule has 3 rings (SSSR count). The first-order chi connectivity index (χ1) is 10.6. The number of nitrogens with zero attached hydrogens (tertiary/aromatic N) is 1. The number of anilines is 2. The molecule has 1 heterocycles. The maximum absolute atomic E-state index is 12.5. The molecule has 1 fully saturated rings. The number of imide groups is 1. The minimum Gasteiger partial charge on any atom is -0.365 e. The second-order valence-electron chi connectivity index (χ2n) is 4.87. The molecule has 0 bridgehead atoms. The first kappa shape index (κ1) is 15.1. The van der Waals surface area contributed by atoms with Crippen LogP contribution in [0.15, 0.2) is 53.0 Å². The molecule has 1 N–H and O–H groups in total. The molecule has 0 radical (unpaired) electrons. The summed E-state index contributed by atoms with van der Waals surface area (Å²) in [6, 6.07) is 14.8. The van der Waals surface area contributed by atoms with E-state index in [2.05, 4.69) is 21.2 Å². The van der Waals surface area contributed by atoms with Gasteiger partial charge in [-0.25, -0.2) is 4.90 Å². The maximum atomic E-state index is 12.5. The Morgan fingerprint density at radius 2 is 1.77 bits per heavy atom. The molecule has 0 aromatic heterocycles. The molecule has 22 heavy (non-hydrogen) atoms. The summed E-state index contributed by atoms with van der Waals surface area (Å²) in [7, 11) is 0. The molecule has 2 aromatic carbocycles. The Bertz CT molecular complexity index is 733. The Morgan fingerprint density at radius 3 is 2.45 bits per heavy atom. The van der Waals surface area contributed by atoms with Crippen LogP contribution in [0.25, 0.3) is 0 Å². The highest BCUT2D eigenvalue weighted by Gasteiger charge is 2.40. The van der Waals surface area contributed by atoms with Gasteiger partial charge in [0.15, 0.2) is 5.37 Å². The number of halogens is 1. The van der Waals surface area contributed by atoms with E-state index < -0.39 is 5.37 Å². The number of amides is 2. The Morgan fingerprint density at radius 1 is 1.09 bits per heavy atom. The highest BCUT2D eigenvalue weighted by atomic mass is 79.9. The van der Waals surface area contributed by atoms with Crippen molar-refractivity contribution >= 4 is 50.2 Å². The molecular weight excluding hydrogens is 364 g/mol. The Balaban J connectivity index is 1.82. The van der Waals surface area contributed by atoms with Crippen LogP contribution in [0, 0.1) is 6.92 Å². The lowest BCUT2D eigenvalue weighted by Crippen LogP contribution is -2.34. The number of para-hydroxylation sites is 1. The molecule has 0 saturated carbocycles. The fraction of sp³-hybridized carbons (Fsp3) is 0.125. The fourth-order valence-electron chi connectivity index (χ4n) is 2.20. The predicted molar refractivity (Wildman–Crippen MR) is 93.2 cm³/mol. The van der Waals surface area contributed by atoms with E-state index in [-0.39, 0.29) is 11.1 Å². The van der Waals surface area contributed by atoms with Crippen LogP contribution in [0.2, 0.25) is 0 Å². The van der Waals surface area contributed by atoms with Crippen molar-refractivity contribution in [3.63, 3.8) is 0 Å². The molecule has 2 amide bonds. The summed E-state index contributed by atoms with van der Waals surface area (Å²) in [6.07, 6.45) is 0. The largest absolute Gasteiger partial charge is 0.365 e. The van der Waals surface area contributed by atoms with Crippen LogP contribution in [0.3, 0.4) is 0 Å². The van der Waals surface area contributed by atoms with E-state index in [4.69, 9.17) is 0 Å². The van der Waals surface area contributed by atoms with Gasteiger partial charge in [-0.15, -0.1) is 0 Å². The third kappa shape index (κ3) is 2.89. The highest BCUT2D eigenvalue weighted by Crippen LogP contribution is 2.33. The van der Waals surface area contributed by atoms with Gasteiger partial charge in [-0.05, 0) is 54.6 Å². The van der Waals surface area contributed by atoms with Gasteiger partial charge >= 0.3 is 0 Å². The lowest BCUT2D eigenvalue weighted by atomic mass is 10.2. The van der Waals surface area contributed by atoms with Gasteiger partial charge in [-0.1, -0.05) is 34.1 Å². The standard InChI is InChI=1S/C16H13BrN2O2S/c1-10-4-2-3-5-13(10)18-14-15(20)19(16(21)22-14)12-8-6-11(17)7-9-12/h2-9,14,18H,1H3. The van der Waals surface area contributed by atoms with E-state index >= 15 is 0 Å². The normalized spacial score (nSPS) is 17.9. The second-order valence-corrected chi connectivity index (χ2v) is 6.85. The number of aryl methyl sites for hydroxylation is 1. The minimum absolute atomic E-state index is 0.249. The second kappa shape index (κ2) is 6.14. The zero-order valence-corrected chi connectivity index (χ0v) is 14.1. The number of benzene rings is 2. The van der Waals surface area contributed by atoms with E-state index in [1.165, 1.54) is 4.90 Å². The number of nitrogens with one attached hydrogen (secondary N) is 1. The first-order valence-corrected chi connectivity index (χ1v) is 8.36. The highest BCUT2D eigenvalue weighted by molar-refractivity contribution is 9.10. The van der Waals surface area contributed by atoms with E-state index in [0.717, 1.165) is 27.5 Å². The summed E-state index contributed by atoms with van der Waals surface area (Å²) in [5.74, 6) is -0.249. The zero-order valence-electron chi connectivity index (χ0n) is 11.7. The molecule has 4 nitrogen and oxygen atoms in total. The molecule has 1 aliphatic heterocycles. The molecule has 1 atom stereocenters. The molecule has 2 aromatic rings. The molecule has 1 aliphatic rings. The lowest BCUT2D eigenvalue weighted by molar-refractivity contribution is -0.116. The summed E-state index contributed by atoms with van der Waals surface area (Å²) in [4.78, 5) is 25.9. The van der Waals surface area contributed by atoms with Crippen LogP contribution in [0.4, 0.5) is 16.2 Å². The molecule has 112 valence electrons. The van der Waals surface area contributed by atoms with Crippen molar-refractivity contribution < 1.29 is 9.59 Å². The molecule has 0 spiro atoms. The zero-order chi connectivity index (χ0) is 15.7. The van der Waals surface area contributed by atoms with E-state index in [9.17, 15) is 9.59 Å². The van der Waals surface area contributed by atoms with Crippen molar-refractivity contribution in [1.29, 1.82) is 0 Å². The van der Waals surface area contributed by atoms with Crippen LogP contribution >= 0.6 is 27.7 Å². The minimum atomic E-state index is -0.600. The third-order valence-corrected chi connectivity index (χ3v) is 4.83. The van der Waals surface area contributed by atoms with Gasteiger partial charge in [0.2, 0.25) is 0 Å². The van der Waals surface area contributed by atoms with Crippen LogP contribution in [-0.4, -0.2) is 16.5 Å². The quantitative estimate of drug-likeness (QED) is 0.862. The SMILES string of the molecule is Cc1ccccc1NC1SC(=O)N(c2ccc(Br)cc2)C1=O. The Hall–Kier alpha value is -1.79. The molecule has 1 unspecified atom stereocenters. The maximum Gasteiger partial charge on any atom is 0.295 e. The van der Waals surface area contributed by atoms with Crippen molar-refractivity contribution in [3.8, 4) is 0 Å². The van der Waals surface area contributed by atoms with E-state index in [1.54, 1.807) is 12.1 Å². The summed E-state index contributed by atoms with van der Waals surface area (Å²) >= 11 is 4.34. The van der Waals surface area contributed by atoms with Crippen LogP contribution in [0.1, 0.15) is 5.56 Å². The first-order valence-electron chi connectivity index (χ1n) is 6.68. The number of thioether (sulfide) groups is 1. The van der Waals surface area contributed by atoms with Gasteiger partial charge in [0.25, 0.3) is 11.1 Å². The Labute approximate surface area is 141 Å². The van der Waals surface area contributed by atoms with Crippen molar-refractivity contribution in [1.82, 2.24) is 0 Å². The molecule has 0 aliphatic carbocycles. The molecule has 6 heteroatoms. The lowest BCUT2D eigenvalue weighted by Gasteiger charge is -2.15. The molecule has 1 saturated heterocycles. The smallest absolute Gasteiger partial charge is 0.295 e. The van der Waals surface area contributed by atoms with Gasteiger partial charge in [0, 0.05) is 10.2 Å².